The molecule has 2 aromatic rings. The minimum Gasteiger partial charge on any atom is -0.339 e. The van der Waals surface area contributed by atoms with Gasteiger partial charge in [-0.05, 0) is 24.1 Å². The van der Waals surface area contributed by atoms with Crippen LogP contribution in [0, 0.1) is 12.3 Å². The SMILES string of the molecule is C#Cc1cnc(N2CC[C@H](NCc3ccc(Cl)cc3Cl)C2)nc1. The van der Waals surface area contributed by atoms with Gasteiger partial charge in [0.15, 0.2) is 0 Å². The molecule has 0 radical (unpaired) electrons. The van der Waals surface area contributed by atoms with E-state index in [0.29, 0.717) is 28.2 Å². The summed E-state index contributed by atoms with van der Waals surface area (Å²) in [6, 6.07) is 5.94. The van der Waals surface area contributed by atoms with E-state index in [4.69, 9.17) is 29.6 Å². The highest BCUT2D eigenvalue weighted by Gasteiger charge is 2.24. The predicted molar refractivity (Wildman–Crippen MR) is 93.9 cm³/mol. The van der Waals surface area contributed by atoms with Gasteiger partial charge in [-0.2, -0.15) is 0 Å². The molecule has 1 N–H and O–H groups in total. The van der Waals surface area contributed by atoms with Crippen molar-refractivity contribution >= 4 is 29.2 Å². The fraction of sp³-hybridized carbons (Fsp3) is 0.294. The van der Waals surface area contributed by atoms with Gasteiger partial charge in [-0.25, -0.2) is 9.97 Å². The Morgan fingerprint density at radius 1 is 1.30 bits per heavy atom. The van der Waals surface area contributed by atoms with E-state index in [1.807, 2.05) is 12.1 Å². The van der Waals surface area contributed by atoms with E-state index in [-0.39, 0.29) is 0 Å². The predicted octanol–water partition coefficient (Wildman–Crippen LogP) is 3.13. The number of terminal acetylenes is 1. The average molecular weight is 347 g/mol. The van der Waals surface area contributed by atoms with Gasteiger partial charge in [0.05, 0.1) is 5.56 Å². The number of anilines is 1. The standard InChI is InChI=1S/C17H16Cl2N4/c1-2-12-8-21-17(22-9-12)23-6-5-15(11-23)20-10-13-3-4-14(18)7-16(13)19/h1,3-4,7-9,15,20H,5-6,10-11H2/t15-/m0/s1. The second-order valence-electron chi connectivity index (χ2n) is 5.46. The number of halogens is 2. The summed E-state index contributed by atoms with van der Waals surface area (Å²) in [5, 5.41) is 4.86. The van der Waals surface area contributed by atoms with Gasteiger partial charge in [-0.3, -0.25) is 0 Å². The summed E-state index contributed by atoms with van der Waals surface area (Å²) in [5.74, 6) is 3.24. The number of aromatic nitrogens is 2. The van der Waals surface area contributed by atoms with E-state index >= 15 is 0 Å². The Morgan fingerprint density at radius 2 is 2.09 bits per heavy atom. The zero-order valence-corrected chi connectivity index (χ0v) is 14.0. The topological polar surface area (TPSA) is 41.1 Å². The van der Waals surface area contributed by atoms with Gasteiger partial charge in [-0.15, -0.1) is 6.42 Å². The van der Waals surface area contributed by atoms with Crippen LogP contribution in [0.4, 0.5) is 5.95 Å². The van der Waals surface area contributed by atoms with Crippen LogP contribution >= 0.6 is 23.2 Å². The number of hydrogen-bond donors (Lipinski definition) is 1. The first kappa shape index (κ1) is 16.1. The molecule has 0 amide bonds. The lowest BCUT2D eigenvalue weighted by molar-refractivity contribution is 0.551. The first-order chi connectivity index (χ1) is 11.2. The maximum atomic E-state index is 6.20. The largest absolute Gasteiger partial charge is 0.339 e. The fourth-order valence-electron chi connectivity index (χ4n) is 2.59. The third-order valence-electron chi connectivity index (χ3n) is 3.87. The molecule has 0 bridgehead atoms. The number of nitrogens with one attached hydrogen (secondary N) is 1. The van der Waals surface area contributed by atoms with Crippen molar-refractivity contribution in [1.82, 2.24) is 15.3 Å². The van der Waals surface area contributed by atoms with Crippen LogP contribution in [0.1, 0.15) is 17.5 Å². The molecule has 118 valence electrons. The van der Waals surface area contributed by atoms with E-state index in [2.05, 4.69) is 26.1 Å². The Morgan fingerprint density at radius 3 is 2.78 bits per heavy atom. The Kier molecular flexibility index (Phi) is 5.02. The molecule has 0 saturated carbocycles. The van der Waals surface area contributed by atoms with Crippen molar-refractivity contribution in [3.63, 3.8) is 0 Å². The minimum absolute atomic E-state index is 0.373. The number of hydrogen-bond acceptors (Lipinski definition) is 4. The van der Waals surface area contributed by atoms with Crippen LogP contribution < -0.4 is 10.2 Å². The molecular weight excluding hydrogens is 331 g/mol. The second kappa shape index (κ2) is 7.18. The van der Waals surface area contributed by atoms with Gasteiger partial charge in [0.2, 0.25) is 5.95 Å². The average Bonchev–Trinajstić information content (AvgIpc) is 3.03. The van der Waals surface area contributed by atoms with Crippen molar-refractivity contribution in [2.75, 3.05) is 18.0 Å². The zero-order chi connectivity index (χ0) is 16.2. The molecule has 1 aliphatic heterocycles. The second-order valence-corrected chi connectivity index (χ2v) is 6.31. The van der Waals surface area contributed by atoms with Gasteiger partial charge < -0.3 is 10.2 Å². The van der Waals surface area contributed by atoms with Crippen molar-refractivity contribution in [3.05, 3.63) is 51.8 Å². The molecule has 1 fully saturated rings. The van der Waals surface area contributed by atoms with Gasteiger partial charge >= 0.3 is 0 Å². The van der Waals surface area contributed by atoms with Crippen molar-refractivity contribution in [2.45, 2.75) is 19.0 Å². The molecule has 1 atom stereocenters. The number of nitrogens with zero attached hydrogens (tertiary/aromatic N) is 3. The highest BCUT2D eigenvalue weighted by atomic mass is 35.5. The van der Waals surface area contributed by atoms with E-state index in [0.717, 1.165) is 31.0 Å². The Bertz CT molecular complexity index is 724. The Hall–Kier alpha value is -1.80. The summed E-state index contributed by atoms with van der Waals surface area (Å²) < 4.78 is 0. The quantitative estimate of drug-likeness (QED) is 0.863. The third kappa shape index (κ3) is 3.94. The molecular formula is C17H16Cl2N4. The highest BCUT2D eigenvalue weighted by Crippen LogP contribution is 2.22. The minimum atomic E-state index is 0.373. The van der Waals surface area contributed by atoms with Crippen molar-refractivity contribution in [3.8, 4) is 12.3 Å². The van der Waals surface area contributed by atoms with Crippen LogP contribution in [-0.2, 0) is 6.54 Å². The van der Waals surface area contributed by atoms with Gasteiger partial charge in [0.25, 0.3) is 0 Å². The molecule has 23 heavy (non-hydrogen) atoms. The van der Waals surface area contributed by atoms with Crippen LogP contribution in [0.25, 0.3) is 0 Å². The molecule has 6 heteroatoms. The van der Waals surface area contributed by atoms with Crippen LogP contribution in [0.5, 0.6) is 0 Å². The summed E-state index contributed by atoms with van der Waals surface area (Å²) in [7, 11) is 0. The van der Waals surface area contributed by atoms with Gasteiger partial charge in [-0.1, -0.05) is 35.2 Å². The molecule has 2 heterocycles. The first-order valence-corrected chi connectivity index (χ1v) is 8.12. The van der Waals surface area contributed by atoms with Crippen LogP contribution in [0.2, 0.25) is 10.0 Å². The molecule has 1 saturated heterocycles. The molecule has 1 aliphatic rings. The molecule has 1 aromatic carbocycles. The Labute approximate surface area is 145 Å². The van der Waals surface area contributed by atoms with Crippen LogP contribution in [0.3, 0.4) is 0 Å². The lowest BCUT2D eigenvalue weighted by atomic mass is 10.2. The monoisotopic (exact) mass is 346 g/mol. The molecule has 1 aromatic heterocycles. The Balaban J connectivity index is 1.56. The van der Waals surface area contributed by atoms with E-state index < -0.39 is 0 Å². The summed E-state index contributed by atoms with van der Waals surface area (Å²) in [5.41, 5.74) is 1.74. The lowest BCUT2D eigenvalue weighted by Crippen LogP contribution is -2.32. The summed E-state index contributed by atoms with van der Waals surface area (Å²) >= 11 is 12.1. The maximum Gasteiger partial charge on any atom is 0.225 e. The van der Waals surface area contributed by atoms with E-state index in [9.17, 15) is 0 Å². The normalized spacial score (nSPS) is 17.3. The molecule has 0 aliphatic carbocycles. The van der Waals surface area contributed by atoms with Gasteiger partial charge in [0, 0.05) is 48.1 Å². The van der Waals surface area contributed by atoms with Gasteiger partial charge in [0.1, 0.15) is 0 Å². The molecule has 0 unspecified atom stereocenters. The van der Waals surface area contributed by atoms with Crippen LogP contribution in [-0.4, -0.2) is 29.1 Å². The molecule has 4 nitrogen and oxygen atoms in total. The zero-order valence-electron chi connectivity index (χ0n) is 12.5. The number of rotatable bonds is 4. The summed E-state index contributed by atoms with van der Waals surface area (Å²) in [6.45, 7) is 2.49. The molecule has 0 spiro atoms. The lowest BCUT2D eigenvalue weighted by Gasteiger charge is -2.17. The smallest absolute Gasteiger partial charge is 0.225 e. The van der Waals surface area contributed by atoms with Crippen molar-refractivity contribution in [2.24, 2.45) is 0 Å². The maximum absolute atomic E-state index is 6.20. The first-order valence-electron chi connectivity index (χ1n) is 7.36. The number of benzene rings is 1. The fourth-order valence-corrected chi connectivity index (χ4v) is 3.06. The van der Waals surface area contributed by atoms with E-state index in [1.165, 1.54) is 0 Å². The summed E-state index contributed by atoms with van der Waals surface area (Å²) in [6.07, 6.45) is 9.71. The van der Waals surface area contributed by atoms with Crippen LogP contribution in [0.15, 0.2) is 30.6 Å². The third-order valence-corrected chi connectivity index (χ3v) is 4.46. The van der Waals surface area contributed by atoms with Crippen molar-refractivity contribution < 1.29 is 0 Å². The molecule has 3 rings (SSSR count). The van der Waals surface area contributed by atoms with E-state index in [1.54, 1.807) is 18.5 Å². The van der Waals surface area contributed by atoms with Crippen molar-refractivity contribution in [1.29, 1.82) is 0 Å². The highest BCUT2D eigenvalue weighted by molar-refractivity contribution is 6.35. The summed E-state index contributed by atoms with van der Waals surface area (Å²) in [4.78, 5) is 10.8.